The van der Waals surface area contributed by atoms with Crippen LogP contribution in [0.5, 0.6) is 17.2 Å². The van der Waals surface area contributed by atoms with E-state index in [9.17, 15) is 4.79 Å². The monoisotopic (exact) mass is 456 g/mol. The molecule has 8 heteroatoms. The van der Waals surface area contributed by atoms with E-state index in [1.54, 1.807) is 39.5 Å². The van der Waals surface area contributed by atoms with Crippen LogP contribution in [-0.2, 0) is 4.79 Å². The molecular weight excluding hydrogens is 432 g/mol. The molecule has 3 aromatic carbocycles. The molecule has 34 heavy (non-hydrogen) atoms. The summed E-state index contributed by atoms with van der Waals surface area (Å²) in [4.78, 5) is 20.9. The molecule has 0 unspecified atom stereocenters. The minimum atomic E-state index is -0.229. The van der Waals surface area contributed by atoms with Gasteiger partial charge in [0.25, 0.3) is 0 Å². The summed E-state index contributed by atoms with van der Waals surface area (Å²) in [6.45, 7) is 0. The highest BCUT2D eigenvalue weighted by molar-refractivity contribution is 6.02. The minimum absolute atomic E-state index is 0.229. The summed E-state index contributed by atoms with van der Waals surface area (Å²) >= 11 is 0. The Morgan fingerprint density at radius 2 is 1.62 bits per heavy atom. The second-order valence-electron chi connectivity index (χ2n) is 7.25. The molecule has 0 aliphatic rings. The number of methoxy groups -OCH3 is 3. The molecule has 1 heterocycles. The molecule has 0 aliphatic heterocycles. The first-order valence-corrected chi connectivity index (χ1v) is 10.5. The maximum atomic E-state index is 12.2. The molecule has 0 bridgehead atoms. The fourth-order valence-electron chi connectivity index (χ4n) is 3.35. The van der Waals surface area contributed by atoms with Crippen molar-refractivity contribution in [3.63, 3.8) is 0 Å². The molecule has 0 aliphatic carbocycles. The molecule has 0 saturated carbocycles. The first-order valence-electron chi connectivity index (χ1n) is 10.5. The Morgan fingerprint density at radius 3 is 2.35 bits per heavy atom. The molecular formula is C26H24N4O4. The maximum Gasteiger partial charge on any atom is 0.248 e. The Hall–Kier alpha value is -4.59. The van der Waals surface area contributed by atoms with Crippen molar-refractivity contribution < 1.29 is 19.0 Å². The number of rotatable bonds is 8. The highest BCUT2D eigenvalue weighted by Gasteiger charge is 2.11. The molecule has 0 atom stereocenters. The van der Waals surface area contributed by atoms with Crippen molar-refractivity contribution in [1.82, 2.24) is 9.97 Å². The Balaban J connectivity index is 1.45. The predicted octanol–water partition coefficient (Wildman–Crippen LogP) is 5.05. The van der Waals surface area contributed by atoms with Crippen LogP contribution in [0.25, 0.3) is 17.0 Å². The summed E-state index contributed by atoms with van der Waals surface area (Å²) < 4.78 is 15.9. The molecule has 172 valence electrons. The second-order valence-corrected chi connectivity index (χ2v) is 7.25. The van der Waals surface area contributed by atoms with E-state index in [0.29, 0.717) is 28.8 Å². The third-order valence-corrected chi connectivity index (χ3v) is 5.08. The lowest BCUT2D eigenvalue weighted by Crippen LogP contribution is -2.07. The van der Waals surface area contributed by atoms with Crippen LogP contribution in [0, 0.1) is 0 Å². The van der Waals surface area contributed by atoms with Gasteiger partial charge in [0.1, 0.15) is 17.9 Å². The van der Waals surface area contributed by atoms with Gasteiger partial charge in [-0.25, -0.2) is 9.97 Å². The number of nitrogens with one attached hydrogen (secondary N) is 2. The van der Waals surface area contributed by atoms with Crippen molar-refractivity contribution >= 4 is 40.1 Å². The average Bonchev–Trinajstić information content (AvgIpc) is 2.87. The van der Waals surface area contributed by atoms with Crippen molar-refractivity contribution in [3.05, 3.63) is 78.6 Å². The summed E-state index contributed by atoms with van der Waals surface area (Å²) in [6.07, 6.45) is 4.73. The summed E-state index contributed by atoms with van der Waals surface area (Å²) in [6, 6.07) is 18.5. The normalized spacial score (nSPS) is 10.8. The topological polar surface area (TPSA) is 94.6 Å². The van der Waals surface area contributed by atoms with E-state index in [0.717, 1.165) is 22.2 Å². The lowest BCUT2D eigenvalue weighted by atomic mass is 10.1. The lowest BCUT2D eigenvalue weighted by molar-refractivity contribution is -0.111. The van der Waals surface area contributed by atoms with Gasteiger partial charge >= 0.3 is 0 Å². The second kappa shape index (κ2) is 10.4. The minimum Gasteiger partial charge on any atom is -0.497 e. The Labute approximate surface area is 197 Å². The van der Waals surface area contributed by atoms with E-state index >= 15 is 0 Å². The van der Waals surface area contributed by atoms with Crippen LogP contribution in [0.4, 0.5) is 17.2 Å². The van der Waals surface area contributed by atoms with E-state index < -0.39 is 0 Å². The third kappa shape index (κ3) is 5.24. The van der Waals surface area contributed by atoms with Crippen molar-refractivity contribution in [3.8, 4) is 17.2 Å². The highest BCUT2D eigenvalue weighted by atomic mass is 16.5. The van der Waals surface area contributed by atoms with Gasteiger partial charge in [0.05, 0.1) is 26.8 Å². The molecule has 1 aromatic heterocycles. The fraction of sp³-hybridized carbons (Fsp3) is 0.115. The van der Waals surface area contributed by atoms with Gasteiger partial charge in [-0.1, -0.05) is 18.2 Å². The molecule has 0 spiro atoms. The van der Waals surface area contributed by atoms with E-state index in [4.69, 9.17) is 14.2 Å². The van der Waals surface area contributed by atoms with Crippen LogP contribution in [0.2, 0.25) is 0 Å². The lowest BCUT2D eigenvalue weighted by Gasteiger charge is -2.12. The van der Waals surface area contributed by atoms with Crippen LogP contribution in [0.15, 0.2) is 73.1 Å². The van der Waals surface area contributed by atoms with Crippen molar-refractivity contribution in [1.29, 1.82) is 0 Å². The van der Waals surface area contributed by atoms with Gasteiger partial charge in [-0.05, 0) is 42.0 Å². The van der Waals surface area contributed by atoms with E-state index in [1.807, 2.05) is 48.5 Å². The first-order chi connectivity index (χ1) is 16.6. The van der Waals surface area contributed by atoms with Gasteiger partial charge in [-0.15, -0.1) is 0 Å². The van der Waals surface area contributed by atoms with Crippen LogP contribution < -0.4 is 24.8 Å². The number of amides is 1. The quantitative estimate of drug-likeness (QED) is 0.358. The smallest absolute Gasteiger partial charge is 0.248 e. The molecule has 0 saturated heterocycles. The van der Waals surface area contributed by atoms with Crippen LogP contribution in [-0.4, -0.2) is 37.2 Å². The highest BCUT2D eigenvalue weighted by Crippen LogP contribution is 2.34. The molecule has 4 rings (SSSR count). The zero-order valence-electron chi connectivity index (χ0n) is 19.0. The number of fused-ring (bicyclic) bond motifs is 1. The first kappa shape index (κ1) is 22.6. The van der Waals surface area contributed by atoms with E-state index in [1.165, 1.54) is 12.4 Å². The maximum absolute atomic E-state index is 12.2. The number of aromatic nitrogens is 2. The number of carbonyl (C=O) groups is 1. The standard InChI is InChI=1S/C26H24N4O4/c1-32-20-6-4-5-19(13-20)29-25(31)12-9-17-7-10-18(11-8-17)30-26-21-14-23(33-2)24(34-3)15-22(21)27-16-28-26/h4-16H,1-3H3,(H,29,31)(H,27,28,30). The van der Waals surface area contributed by atoms with Crippen LogP contribution >= 0.6 is 0 Å². The van der Waals surface area contributed by atoms with Crippen molar-refractivity contribution in [2.24, 2.45) is 0 Å². The van der Waals surface area contributed by atoms with Gasteiger partial charge in [0, 0.05) is 35.0 Å². The van der Waals surface area contributed by atoms with E-state index in [2.05, 4.69) is 20.6 Å². The largest absolute Gasteiger partial charge is 0.497 e. The Kier molecular flexibility index (Phi) is 6.88. The Morgan fingerprint density at radius 1 is 0.853 bits per heavy atom. The van der Waals surface area contributed by atoms with Gasteiger partial charge in [0.15, 0.2) is 11.5 Å². The average molecular weight is 457 g/mol. The number of ether oxygens (including phenoxy) is 3. The van der Waals surface area contributed by atoms with Crippen LogP contribution in [0.1, 0.15) is 5.56 Å². The van der Waals surface area contributed by atoms with E-state index in [-0.39, 0.29) is 5.91 Å². The zero-order chi connectivity index (χ0) is 23.9. The van der Waals surface area contributed by atoms with Gasteiger partial charge < -0.3 is 24.8 Å². The van der Waals surface area contributed by atoms with Crippen molar-refractivity contribution in [2.45, 2.75) is 0 Å². The number of carbonyl (C=O) groups excluding carboxylic acids is 1. The van der Waals surface area contributed by atoms with Crippen LogP contribution in [0.3, 0.4) is 0 Å². The summed E-state index contributed by atoms with van der Waals surface area (Å²) in [5, 5.41) is 6.93. The molecule has 4 aromatic rings. The number of benzene rings is 3. The molecule has 2 N–H and O–H groups in total. The zero-order valence-corrected chi connectivity index (χ0v) is 19.0. The summed E-state index contributed by atoms with van der Waals surface area (Å²) in [5.74, 6) is 2.30. The van der Waals surface area contributed by atoms with Gasteiger partial charge in [0.2, 0.25) is 5.91 Å². The van der Waals surface area contributed by atoms with Gasteiger partial charge in [-0.2, -0.15) is 0 Å². The number of hydrogen-bond donors (Lipinski definition) is 2. The summed E-state index contributed by atoms with van der Waals surface area (Å²) in [7, 11) is 4.76. The fourth-order valence-corrected chi connectivity index (χ4v) is 3.35. The molecule has 8 nitrogen and oxygen atoms in total. The third-order valence-electron chi connectivity index (χ3n) is 5.08. The predicted molar refractivity (Wildman–Crippen MR) is 133 cm³/mol. The number of hydrogen-bond acceptors (Lipinski definition) is 7. The molecule has 0 radical (unpaired) electrons. The SMILES string of the molecule is COc1cccc(NC(=O)C=Cc2ccc(Nc3ncnc4cc(OC)c(OC)cc34)cc2)c1. The number of nitrogens with zero attached hydrogens (tertiary/aromatic N) is 2. The molecule has 0 fully saturated rings. The Bertz CT molecular complexity index is 1340. The summed E-state index contributed by atoms with van der Waals surface area (Å²) in [5.41, 5.74) is 3.12. The number of anilines is 3. The molecule has 1 amide bonds. The van der Waals surface area contributed by atoms with Gasteiger partial charge in [-0.3, -0.25) is 4.79 Å². The van der Waals surface area contributed by atoms with Crippen molar-refractivity contribution in [2.75, 3.05) is 32.0 Å².